The first-order valence-electron chi connectivity index (χ1n) is 7.09. The Labute approximate surface area is 157 Å². The number of nitrogens with zero attached hydrogens (tertiary/aromatic N) is 3. The highest BCUT2D eigenvalue weighted by Gasteiger charge is 2.07. The van der Waals surface area contributed by atoms with Gasteiger partial charge in [0.25, 0.3) is 0 Å². The maximum atomic E-state index is 4.44. The molecule has 0 aliphatic rings. The van der Waals surface area contributed by atoms with Gasteiger partial charge in [-0.3, -0.25) is 4.99 Å². The maximum Gasteiger partial charge on any atom is 0.193 e. The lowest BCUT2D eigenvalue weighted by Crippen LogP contribution is -2.39. The van der Waals surface area contributed by atoms with Crippen LogP contribution in [0.25, 0.3) is 0 Å². The minimum Gasteiger partial charge on any atom is -0.356 e. The average Bonchev–Trinajstić information content (AvgIpc) is 3.14. The van der Waals surface area contributed by atoms with Crippen LogP contribution < -0.4 is 5.32 Å². The highest BCUT2D eigenvalue weighted by atomic mass is 127. The van der Waals surface area contributed by atoms with Crippen molar-refractivity contribution in [3.63, 3.8) is 0 Å². The van der Waals surface area contributed by atoms with E-state index in [0.717, 1.165) is 31.9 Å². The van der Waals surface area contributed by atoms with E-state index in [1.807, 2.05) is 13.2 Å². The van der Waals surface area contributed by atoms with Crippen molar-refractivity contribution in [3.05, 3.63) is 38.5 Å². The van der Waals surface area contributed by atoms with Crippen molar-refractivity contribution in [2.24, 2.45) is 4.99 Å². The van der Waals surface area contributed by atoms with Gasteiger partial charge in [0.05, 0.1) is 5.01 Å². The predicted molar refractivity (Wildman–Crippen MR) is 108 cm³/mol. The van der Waals surface area contributed by atoms with Crippen molar-refractivity contribution < 1.29 is 0 Å². The fourth-order valence-corrected chi connectivity index (χ4v) is 3.55. The first kappa shape index (κ1) is 19.4. The fourth-order valence-electron chi connectivity index (χ4n) is 2.02. The van der Waals surface area contributed by atoms with E-state index in [0.29, 0.717) is 0 Å². The number of aryl methyl sites for hydroxylation is 1. The molecule has 7 heteroatoms. The summed E-state index contributed by atoms with van der Waals surface area (Å²) in [5.74, 6) is 0.925. The zero-order chi connectivity index (χ0) is 15.1. The van der Waals surface area contributed by atoms with Crippen molar-refractivity contribution in [3.8, 4) is 0 Å². The van der Waals surface area contributed by atoms with E-state index in [1.54, 1.807) is 22.7 Å². The van der Waals surface area contributed by atoms with Gasteiger partial charge < -0.3 is 10.2 Å². The number of nitrogens with one attached hydrogen (secondary N) is 1. The molecule has 0 radical (unpaired) electrons. The summed E-state index contributed by atoms with van der Waals surface area (Å²) in [4.78, 5) is 12.3. The molecule has 0 unspecified atom stereocenters. The van der Waals surface area contributed by atoms with Gasteiger partial charge in [-0.25, -0.2) is 4.98 Å². The maximum absolute atomic E-state index is 4.44. The number of aliphatic imine (C=N–C) groups is 1. The van der Waals surface area contributed by atoms with Crippen molar-refractivity contribution in [1.82, 2.24) is 15.2 Å². The molecule has 0 bridgehead atoms. The predicted octanol–water partition coefficient (Wildman–Crippen LogP) is 3.63. The van der Waals surface area contributed by atoms with Crippen LogP contribution >= 0.6 is 46.7 Å². The lowest BCUT2D eigenvalue weighted by Gasteiger charge is -2.21. The molecular formula is C15H23IN4S2. The number of thiazole rings is 1. The van der Waals surface area contributed by atoms with Crippen LogP contribution in [0.4, 0.5) is 0 Å². The van der Waals surface area contributed by atoms with Crippen LogP contribution in [0.2, 0.25) is 0 Å². The standard InChI is InChI=1S/C15H22N4S2.HI/c1-4-13-9-18-14(21-13)5-7-17-15(16-2)19(3)10-12-6-8-20-11-12;/h6,8-9,11H,4-5,7,10H2,1-3H3,(H,16,17);1H. The van der Waals surface area contributed by atoms with Gasteiger partial charge in [-0.2, -0.15) is 11.3 Å². The van der Waals surface area contributed by atoms with E-state index in [-0.39, 0.29) is 24.0 Å². The molecule has 2 aromatic heterocycles. The molecule has 0 aliphatic carbocycles. The largest absolute Gasteiger partial charge is 0.356 e. The minimum absolute atomic E-state index is 0. The van der Waals surface area contributed by atoms with Gasteiger partial charge in [0.2, 0.25) is 0 Å². The molecule has 1 N–H and O–H groups in total. The van der Waals surface area contributed by atoms with Crippen LogP contribution in [-0.2, 0) is 19.4 Å². The van der Waals surface area contributed by atoms with Gasteiger partial charge in [-0.15, -0.1) is 35.3 Å². The molecule has 0 fully saturated rings. The monoisotopic (exact) mass is 450 g/mol. The van der Waals surface area contributed by atoms with Gasteiger partial charge >= 0.3 is 0 Å². The van der Waals surface area contributed by atoms with Crippen LogP contribution in [0, 0.1) is 0 Å². The summed E-state index contributed by atoms with van der Waals surface area (Å²) in [6, 6.07) is 2.15. The minimum atomic E-state index is 0. The molecule has 0 saturated carbocycles. The summed E-state index contributed by atoms with van der Waals surface area (Å²) in [6.07, 6.45) is 3.99. The Morgan fingerprint density at radius 2 is 2.27 bits per heavy atom. The van der Waals surface area contributed by atoms with E-state index in [4.69, 9.17) is 0 Å². The van der Waals surface area contributed by atoms with Gasteiger partial charge in [-0.1, -0.05) is 6.92 Å². The lowest BCUT2D eigenvalue weighted by molar-refractivity contribution is 0.478. The molecule has 4 nitrogen and oxygen atoms in total. The van der Waals surface area contributed by atoms with Crippen LogP contribution in [0.5, 0.6) is 0 Å². The Kier molecular flexibility index (Phi) is 8.96. The molecule has 2 aromatic rings. The number of hydrogen-bond donors (Lipinski definition) is 1. The van der Waals surface area contributed by atoms with E-state index >= 15 is 0 Å². The summed E-state index contributed by atoms with van der Waals surface area (Å²) >= 11 is 3.53. The van der Waals surface area contributed by atoms with E-state index < -0.39 is 0 Å². The molecule has 0 aromatic carbocycles. The van der Waals surface area contributed by atoms with Gasteiger partial charge in [0.1, 0.15) is 0 Å². The quantitative estimate of drug-likeness (QED) is 0.415. The third-order valence-electron chi connectivity index (χ3n) is 3.15. The van der Waals surface area contributed by atoms with Crippen molar-refractivity contribution >= 4 is 52.6 Å². The van der Waals surface area contributed by atoms with Crippen LogP contribution in [0.1, 0.15) is 22.4 Å². The number of rotatable bonds is 6. The Morgan fingerprint density at radius 3 is 2.86 bits per heavy atom. The molecule has 0 saturated heterocycles. The Morgan fingerprint density at radius 1 is 1.45 bits per heavy atom. The van der Waals surface area contributed by atoms with Crippen molar-refractivity contribution in [2.45, 2.75) is 26.3 Å². The molecule has 122 valence electrons. The van der Waals surface area contributed by atoms with Crippen LogP contribution in [0.3, 0.4) is 0 Å². The van der Waals surface area contributed by atoms with Gasteiger partial charge in [0, 0.05) is 44.7 Å². The molecule has 0 atom stereocenters. The number of guanidine groups is 1. The Hall–Kier alpha value is -0.670. The number of halogens is 1. The van der Waals surface area contributed by atoms with Crippen molar-refractivity contribution in [2.75, 3.05) is 20.6 Å². The van der Waals surface area contributed by atoms with E-state index in [1.165, 1.54) is 15.4 Å². The van der Waals surface area contributed by atoms with E-state index in [2.05, 4.69) is 51.0 Å². The summed E-state index contributed by atoms with van der Waals surface area (Å²) < 4.78 is 0. The van der Waals surface area contributed by atoms with E-state index in [9.17, 15) is 0 Å². The zero-order valence-corrected chi connectivity index (χ0v) is 17.2. The summed E-state index contributed by atoms with van der Waals surface area (Å²) in [5.41, 5.74) is 1.32. The summed E-state index contributed by atoms with van der Waals surface area (Å²) in [5, 5.41) is 8.87. The SMILES string of the molecule is CCc1cnc(CCNC(=NC)N(C)Cc2ccsc2)s1.I. The number of thiophene rings is 1. The molecule has 0 amide bonds. The average molecular weight is 450 g/mol. The van der Waals surface area contributed by atoms with Crippen LogP contribution in [0.15, 0.2) is 28.0 Å². The van der Waals surface area contributed by atoms with Crippen molar-refractivity contribution in [1.29, 1.82) is 0 Å². The highest BCUT2D eigenvalue weighted by molar-refractivity contribution is 14.0. The molecule has 0 spiro atoms. The van der Waals surface area contributed by atoms with Crippen LogP contribution in [-0.4, -0.2) is 36.5 Å². The normalized spacial score (nSPS) is 11.1. The molecule has 2 rings (SSSR count). The Bertz CT molecular complexity index is 566. The third kappa shape index (κ3) is 5.85. The second-order valence-electron chi connectivity index (χ2n) is 4.79. The number of aromatic nitrogens is 1. The first-order valence-corrected chi connectivity index (χ1v) is 8.85. The second kappa shape index (κ2) is 10.2. The molecular weight excluding hydrogens is 427 g/mol. The highest BCUT2D eigenvalue weighted by Crippen LogP contribution is 2.13. The zero-order valence-electron chi connectivity index (χ0n) is 13.2. The van der Waals surface area contributed by atoms with Gasteiger partial charge in [-0.05, 0) is 28.8 Å². The third-order valence-corrected chi connectivity index (χ3v) is 5.08. The molecule has 0 aliphatic heterocycles. The van der Waals surface area contributed by atoms with Gasteiger partial charge in [0.15, 0.2) is 5.96 Å². The topological polar surface area (TPSA) is 40.5 Å². The smallest absolute Gasteiger partial charge is 0.193 e. The fraction of sp³-hybridized carbons (Fsp3) is 0.467. The lowest BCUT2D eigenvalue weighted by atomic mass is 10.3. The molecule has 2 heterocycles. The first-order chi connectivity index (χ1) is 10.2. The Balaban J connectivity index is 0.00000242. The summed E-state index contributed by atoms with van der Waals surface area (Å²) in [7, 11) is 3.89. The summed E-state index contributed by atoms with van der Waals surface area (Å²) in [6.45, 7) is 3.90. The number of hydrogen-bond acceptors (Lipinski definition) is 4. The second-order valence-corrected chi connectivity index (χ2v) is 6.77. The molecule has 22 heavy (non-hydrogen) atoms.